The van der Waals surface area contributed by atoms with Gasteiger partial charge in [-0.2, -0.15) is 0 Å². The van der Waals surface area contributed by atoms with Crippen molar-refractivity contribution in [3.8, 4) is 0 Å². The molecule has 0 aliphatic rings. The summed E-state index contributed by atoms with van der Waals surface area (Å²) in [6, 6.07) is 14.9. The monoisotopic (exact) mass is 451 g/mol. The third-order valence-electron chi connectivity index (χ3n) is 5.08. The Labute approximate surface area is 193 Å². The van der Waals surface area contributed by atoms with Gasteiger partial charge < -0.3 is 15.2 Å². The molecular formula is C24H29N5O2S. The number of carbonyl (C=O) groups is 2. The summed E-state index contributed by atoms with van der Waals surface area (Å²) in [7, 11) is 0. The molecule has 2 amide bonds. The largest absolute Gasteiger partial charge is 0.342 e. The Morgan fingerprint density at radius 2 is 1.88 bits per heavy atom. The number of hydrogen-bond donors (Lipinski definition) is 2. The molecular weight excluding hydrogens is 422 g/mol. The molecule has 0 saturated carbocycles. The molecule has 0 saturated heterocycles. The number of para-hydroxylation sites is 1. The van der Waals surface area contributed by atoms with Crippen LogP contribution in [0.25, 0.3) is 0 Å². The summed E-state index contributed by atoms with van der Waals surface area (Å²) in [5.41, 5.74) is 3.58. The lowest BCUT2D eigenvalue weighted by Gasteiger charge is -2.15. The van der Waals surface area contributed by atoms with Crippen molar-refractivity contribution in [2.24, 2.45) is 0 Å². The molecule has 3 aromatic rings. The lowest BCUT2D eigenvalue weighted by atomic mass is 10.1. The molecule has 0 aliphatic carbocycles. The quantitative estimate of drug-likeness (QED) is 0.471. The Bertz CT molecular complexity index is 1100. The molecule has 0 unspecified atom stereocenters. The Hall–Kier alpha value is -3.13. The van der Waals surface area contributed by atoms with Crippen LogP contribution in [-0.4, -0.2) is 32.3 Å². The SMILES string of the molecule is CCc1ccccc1NC(=O)CSc1nnc([C@H](C)NC(=O)c2cccc(C)c2)n1CC. The fraction of sp³-hybridized carbons (Fsp3) is 0.333. The van der Waals surface area contributed by atoms with E-state index in [2.05, 4.69) is 27.8 Å². The standard InChI is InChI=1S/C24H29N5O2S/c1-5-18-11-7-8-13-20(18)26-21(30)15-32-24-28-27-22(29(24)6-2)17(4)25-23(31)19-12-9-10-16(3)14-19/h7-14,17H,5-6,15H2,1-4H3,(H,25,31)(H,26,30)/t17-/m0/s1. The van der Waals surface area contributed by atoms with E-state index in [9.17, 15) is 9.59 Å². The van der Waals surface area contributed by atoms with Crippen molar-refractivity contribution >= 4 is 29.3 Å². The number of carbonyl (C=O) groups excluding carboxylic acids is 2. The Kier molecular flexibility index (Phi) is 8.05. The summed E-state index contributed by atoms with van der Waals surface area (Å²) in [5.74, 6) is 0.631. The number of thioether (sulfide) groups is 1. The van der Waals surface area contributed by atoms with Crippen molar-refractivity contribution in [3.05, 3.63) is 71.0 Å². The first-order valence-electron chi connectivity index (χ1n) is 10.7. The van der Waals surface area contributed by atoms with Gasteiger partial charge in [0.2, 0.25) is 5.91 Å². The van der Waals surface area contributed by atoms with Crippen LogP contribution in [-0.2, 0) is 17.8 Å². The predicted octanol–water partition coefficient (Wildman–Crippen LogP) is 4.39. The summed E-state index contributed by atoms with van der Waals surface area (Å²) >= 11 is 1.33. The van der Waals surface area contributed by atoms with Crippen LogP contribution in [0.1, 0.15) is 54.1 Å². The molecule has 32 heavy (non-hydrogen) atoms. The zero-order valence-corrected chi connectivity index (χ0v) is 19.7. The second kappa shape index (κ2) is 10.9. The van der Waals surface area contributed by atoms with Crippen molar-refractivity contribution in [1.29, 1.82) is 0 Å². The number of nitrogens with zero attached hydrogens (tertiary/aromatic N) is 3. The van der Waals surface area contributed by atoms with Crippen LogP contribution in [0, 0.1) is 6.92 Å². The Balaban J connectivity index is 1.63. The van der Waals surface area contributed by atoms with Gasteiger partial charge in [-0.15, -0.1) is 10.2 Å². The molecule has 0 spiro atoms. The fourth-order valence-electron chi connectivity index (χ4n) is 3.42. The van der Waals surface area contributed by atoms with Crippen LogP contribution < -0.4 is 10.6 Å². The van der Waals surface area contributed by atoms with Gasteiger partial charge in [-0.3, -0.25) is 9.59 Å². The van der Waals surface area contributed by atoms with E-state index in [0.29, 0.717) is 23.1 Å². The number of benzene rings is 2. The topological polar surface area (TPSA) is 88.9 Å². The Morgan fingerprint density at radius 3 is 2.59 bits per heavy atom. The molecule has 1 heterocycles. The third kappa shape index (κ3) is 5.76. The number of amides is 2. The van der Waals surface area contributed by atoms with E-state index in [1.165, 1.54) is 11.8 Å². The summed E-state index contributed by atoms with van der Waals surface area (Å²) in [5, 5.41) is 15.2. The van der Waals surface area contributed by atoms with Gasteiger partial charge in [-0.1, -0.05) is 54.6 Å². The number of hydrogen-bond acceptors (Lipinski definition) is 5. The van der Waals surface area contributed by atoms with E-state index in [-0.39, 0.29) is 23.6 Å². The molecule has 1 atom stereocenters. The van der Waals surface area contributed by atoms with Gasteiger partial charge in [0, 0.05) is 17.8 Å². The van der Waals surface area contributed by atoms with Crippen LogP contribution in [0.3, 0.4) is 0 Å². The summed E-state index contributed by atoms with van der Waals surface area (Å²) in [4.78, 5) is 25.1. The predicted molar refractivity (Wildman–Crippen MR) is 128 cm³/mol. The van der Waals surface area contributed by atoms with E-state index in [1.807, 2.05) is 67.8 Å². The number of nitrogens with one attached hydrogen (secondary N) is 2. The molecule has 168 valence electrons. The highest BCUT2D eigenvalue weighted by Gasteiger charge is 2.20. The van der Waals surface area contributed by atoms with Gasteiger partial charge in [0.15, 0.2) is 11.0 Å². The number of rotatable bonds is 9. The Morgan fingerprint density at radius 1 is 1.09 bits per heavy atom. The normalized spacial score (nSPS) is 11.8. The molecule has 8 heteroatoms. The van der Waals surface area contributed by atoms with Crippen molar-refractivity contribution in [1.82, 2.24) is 20.1 Å². The first kappa shape index (κ1) is 23.5. The van der Waals surface area contributed by atoms with E-state index < -0.39 is 0 Å². The second-order valence-corrected chi connectivity index (χ2v) is 8.44. The maximum absolute atomic E-state index is 12.6. The molecule has 2 N–H and O–H groups in total. The van der Waals surface area contributed by atoms with E-state index in [1.54, 1.807) is 6.07 Å². The maximum Gasteiger partial charge on any atom is 0.251 e. The van der Waals surface area contributed by atoms with Gasteiger partial charge in [0.05, 0.1) is 11.8 Å². The van der Waals surface area contributed by atoms with Crippen LogP contribution in [0.4, 0.5) is 5.69 Å². The maximum atomic E-state index is 12.6. The second-order valence-electron chi connectivity index (χ2n) is 7.50. The van der Waals surface area contributed by atoms with Crippen molar-refractivity contribution in [2.75, 3.05) is 11.1 Å². The minimum absolute atomic E-state index is 0.0936. The van der Waals surface area contributed by atoms with E-state index >= 15 is 0 Å². The molecule has 0 aliphatic heterocycles. The highest BCUT2D eigenvalue weighted by molar-refractivity contribution is 7.99. The number of anilines is 1. The first-order chi connectivity index (χ1) is 15.4. The van der Waals surface area contributed by atoms with Crippen LogP contribution in [0.2, 0.25) is 0 Å². The van der Waals surface area contributed by atoms with Gasteiger partial charge >= 0.3 is 0 Å². The first-order valence-corrected chi connectivity index (χ1v) is 11.7. The minimum atomic E-state index is -0.324. The van der Waals surface area contributed by atoms with E-state index in [4.69, 9.17) is 0 Å². The zero-order chi connectivity index (χ0) is 23.1. The third-order valence-corrected chi connectivity index (χ3v) is 6.05. The smallest absolute Gasteiger partial charge is 0.251 e. The van der Waals surface area contributed by atoms with Gasteiger partial charge in [0.1, 0.15) is 0 Å². The molecule has 2 aromatic carbocycles. The lowest BCUT2D eigenvalue weighted by Crippen LogP contribution is -2.28. The summed E-state index contributed by atoms with van der Waals surface area (Å²) < 4.78 is 1.93. The van der Waals surface area contributed by atoms with Crippen molar-refractivity contribution in [2.45, 2.75) is 51.9 Å². The minimum Gasteiger partial charge on any atom is -0.342 e. The van der Waals surface area contributed by atoms with Gasteiger partial charge in [-0.05, 0) is 51.0 Å². The molecule has 0 bridgehead atoms. The van der Waals surface area contributed by atoms with E-state index in [0.717, 1.165) is 23.2 Å². The molecule has 0 fully saturated rings. The van der Waals surface area contributed by atoms with Crippen molar-refractivity contribution < 1.29 is 9.59 Å². The van der Waals surface area contributed by atoms with Crippen LogP contribution in [0.5, 0.6) is 0 Å². The molecule has 7 nitrogen and oxygen atoms in total. The number of aromatic nitrogens is 3. The van der Waals surface area contributed by atoms with Gasteiger partial charge in [0.25, 0.3) is 5.91 Å². The summed E-state index contributed by atoms with van der Waals surface area (Å²) in [6.45, 7) is 8.52. The highest BCUT2D eigenvalue weighted by atomic mass is 32.2. The average molecular weight is 452 g/mol. The number of aryl methyl sites for hydroxylation is 2. The summed E-state index contributed by atoms with van der Waals surface area (Å²) in [6.07, 6.45) is 0.850. The van der Waals surface area contributed by atoms with Crippen molar-refractivity contribution in [3.63, 3.8) is 0 Å². The molecule has 1 aromatic heterocycles. The van der Waals surface area contributed by atoms with Crippen LogP contribution in [0.15, 0.2) is 53.7 Å². The lowest BCUT2D eigenvalue weighted by molar-refractivity contribution is -0.113. The van der Waals surface area contributed by atoms with Gasteiger partial charge in [-0.25, -0.2) is 0 Å². The fourth-order valence-corrected chi connectivity index (χ4v) is 4.23. The van der Waals surface area contributed by atoms with Crippen LogP contribution >= 0.6 is 11.8 Å². The molecule has 0 radical (unpaired) electrons. The average Bonchev–Trinajstić information content (AvgIpc) is 3.21. The molecule has 3 rings (SSSR count). The highest BCUT2D eigenvalue weighted by Crippen LogP contribution is 2.22. The zero-order valence-electron chi connectivity index (χ0n) is 18.9.